The molecule has 0 radical (unpaired) electrons. The minimum atomic E-state index is -0.152. The van der Waals surface area contributed by atoms with Gasteiger partial charge in [-0.3, -0.25) is 14.3 Å². The Morgan fingerprint density at radius 1 is 0.964 bits per heavy atom. The minimum Gasteiger partial charge on any atom is -0.365 e. The third kappa shape index (κ3) is 4.05. The summed E-state index contributed by atoms with van der Waals surface area (Å²) in [6.07, 6.45) is 4.14. The SMILES string of the molecule is O=c1c(NCCc2ccc(Cl)cc2)nc2ccncc2n1Cc1ccccc1. The molecule has 28 heavy (non-hydrogen) atoms. The van der Waals surface area contributed by atoms with Crippen molar-refractivity contribution in [3.05, 3.63) is 99.6 Å². The van der Waals surface area contributed by atoms with Crippen molar-refractivity contribution in [2.75, 3.05) is 11.9 Å². The molecular weight excluding hydrogens is 372 g/mol. The highest BCUT2D eigenvalue weighted by molar-refractivity contribution is 6.30. The van der Waals surface area contributed by atoms with E-state index in [1.807, 2.05) is 60.7 Å². The molecule has 5 nitrogen and oxygen atoms in total. The second-order valence-corrected chi connectivity index (χ2v) is 6.94. The maximum Gasteiger partial charge on any atom is 0.294 e. The maximum absolute atomic E-state index is 13.1. The summed E-state index contributed by atoms with van der Waals surface area (Å²) in [4.78, 5) is 21.7. The summed E-state index contributed by atoms with van der Waals surface area (Å²) in [6, 6.07) is 19.4. The fourth-order valence-electron chi connectivity index (χ4n) is 3.10. The molecule has 0 fully saturated rings. The average molecular weight is 391 g/mol. The van der Waals surface area contributed by atoms with Crippen LogP contribution in [0, 0.1) is 0 Å². The second-order valence-electron chi connectivity index (χ2n) is 6.50. The van der Waals surface area contributed by atoms with Gasteiger partial charge < -0.3 is 5.32 Å². The molecule has 2 heterocycles. The number of nitrogens with one attached hydrogen (secondary N) is 1. The average Bonchev–Trinajstić information content (AvgIpc) is 2.73. The molecule has 0 spiro atoms. The number of rotatable bonds is 6. The molecule has 0 aliphatic heterocycles. The van der Waals surface area contributed by atoms with Crippen LogP contribution in [0.15, 0.2) is 77.9 Å². The Balaban J connectivity index is 1.62. The first-order chi connectivity index (χ1) is 13.7. The van der Waals surface area contributed by atoms with E-state index < -0.39 is 0 Å². The molecule has 1 N–H and O–H groups in total. The number of hydrogen-bond acceptors (Lipinski definition) is 4. The molecule has 0 aliphatic carbocycles. The first-order valence-electron chi connectivity index (χ1n) is 9.07. The summed E-state index contributed by atoms with van der Waals surface area (Å²) >= 11 is 5.93. The summed E-state index contributed by atoms with van der Waals surface area (Å²) in [7, 11) is 0. The van der Waals surface area contributed by atoms with E-state index in [0.29, 0.717) is 23.9 Å². The zero-order valence-corrected chi connectivity index (χ0v) is 15.9. The number of hydrogen-bond donors (Lipinski definition) is 1. The van der Waals surface area contributed by atoms with Gasteiger partial charge in [0.1, 0.15) is 0 Å². The van der Waals surface area contributed by atoms with Crippen molar-refractivity contribution in [2.24, 2.45) is 0 Å². The molecule has 0 saturated carbocycles. The van der Waals surface area contributed by atoms with E-state index in [1.54, 1.807) is 17.0 Å². The molecular formula is C22H19ClN4O. The molecule has 140 valence electrons. The Hall–Kier alpha value is -3.18. The highest BCUT2D eigenvalue weighted by atomic mass is 35.5. The van der Waals surface area contributed by atoms with Gasteiger partial charge in [-0.05, 0) is 35.7 Å². The first kappa shape index (κ1) is 18.2. The lowest BCUT2D eigenvalue weighted by Gasteiger charge is -2.13. The van der Waals surface area contributed by atoms with Gasteiger partial charge in [0.25, 0.3) is 5.56 Å². The van der Waals surface area contributed by atoms with E-state index in [0.717, 1.165) is 28.6 Å². The van der Waals surface area contributed by atoms with Gasteiger partial charge in [-0.2, -0.15) is 0 Å². The van der Waals surface area contributed by atoms with E-state index in [1.165, 1.54) is 0 Å². The summed E-state index contributed by atoms with van der Waals surface area (Å²) in [5, 5.41) is 3.91. The maximum atomic E-state index is 13.1. The first-order valence-corrected chi connectivity index (χ1v) is 9.45. The van der Waals surface area contributed by atoms with E-state index in [2.05, 4.69) is 15.3 Å². The van der Waals surface area contributed by atoms with Crippen LogP contribution in [-0.2, 0) is 13.0 Å². The van der Waals surface area contributed by atoms with Crippen molar-refractivity contribution >= 4 is 28.5 Å². The molecule has 0 unspecified atom stereocenters. The predicted octanol–water partition coefficient (Wildman–Crippen LogP) is 4.15. The van der Waals surface area contributed by atoms with Crippen LogP contribution in [0.1, 0.15) is 11.1 Å². The van der Waals surface area contributed by atoms with E-state index in [4.69, 9.17) is 11.6 Å². The lowest BCUT2D eigenvalue weighted by molar-refractivity contribution is 0.784. The fourth-order valence-corrected chi connectivity index (χ4v) is 3.23. The van der Waals surface area contributed by atoms with Crippen LogP contribution in [0.4, 0.5) is 5.82 Å². The van der Waals surface area contributed by atoms with Gasteiger partial charge in [0.2, 0.25) is 0 Å². The predicted molar refractivity (Wildman–Crippen MR) is 113 cm³/mol. The monoisotopic (exact) mass is 390 g/mol. The molecule has 0 saturated heterocycles. The fraction of sp³-hybridized carbons (Fsp3) is 0.136. The Morgan fingerprint density at radius 2 is 1.75 bits per heavy atom. The number of anilines is 1. The van der Waals surface area contributed by atoms with Gasteiger partial charge in [-0.15, -0.1) is 0 Å². The van der Waals surface area contributed by atoms with Crippen LogP contribution in [0.5, 0.6) is 0 Å². The second kappa shape index (κ2) is 8.23. The van der Waals surface area contributed by atoms with Crippen LogP contribution >= 0.6 is 11.6 Å². The smallest absolute Gasteiger partial charge is 0.294 e. The van der Waals surface area contributed by atoms with Gasteiger partial charge in [0.05, 0.1) is 23.8 Å². The largest absolute Gasteiger partial charge is 0.365 e. The number of nitrogens with zero attached hydrogens (tertiary/aromatic N) is 3. The Morgan fingerprint density at radius 3 is 2.54 bits per heavy atom. The molecule has 0 aliphatic rings. The highest BCUT2D eigenvalue weighted by Crippen LogP contribution is 2.13. The van der Waals surface area contributed by atoms with Crippen molar-refractivity contribution in [1.82, 2.24) is 14.5 Å². The molecule has 2 aromatic carbocycles. The third-order valence-corrected chi connectivity index (χ3v) is 4.80. The van der Waals surface area contributed by atoms with Crippen molar-refractivity contribution in [2.45, 2.75) is 13.0 Å². The Bertz CT molecular complexity index is 1140. The van der Waals surface area contributed by atoms with Gasteiger partial charge in [0, 0.05) is 17.8 Å². The number of benzene rings is 2. The number of fused-ring (bicyclic) bond motifs is 1. The normalized spacial score (nSPS) is 10.9. The van der Waals surface area contributed by atoms with Crippen LogP contribution in [0.2, 0.25) is 5.02 Å². The lowest BCUT2D eigenvalue weighted by atomic mass is 10.1. The summed E-state index contributed by atoms with van der Waals surface area (Å²) in [6.45, 7) is 1.07. The van der Waals surface area contributed by atoms with Crippen LogP contribution < -0.4 is 10.9 Å². The van der Waals surface area contributed by atoms with Gasteiger partial charge >= 0.3 is 0 Å². The van der Waals surface area contributed by atoms with E-state index in [-0.39, 0.29) is 5.56 Å². The van der Waals surface area contributed by atoms with Crippen LogP contribution in [0.3, 0.4) is 0 Å². The van der Waals surface area contributed by atoms with Crippen molar-refractivity contribution < 1.29 is 0 Å². The Kier molecular flexibility index (Phi) is 5.35. The standard InChI is InChI=1S/C22H19ClN4O/c23-18-8-6-16(7-9-18)10-13-25-21-22(28)27(15-17-4-2-1-3-5-17)20-14-24-12-11-19(20)26-21/h1-9,11-12,14H,10,13,15H2,(H,25,26). The molecule has 4 rings (SSSR count). The number of pyridine rings is 1. The molecule has 2 aromatic heterocycles. The minimum absolute atomic E-state index is 0.152. The summed E-state index contributed by atoms with van der Waals surface area (Å²) in [5.41, 5.74) is 3.50. The topological polar surface area (TPSA) is 59.8 Å². The van der Waals surface area contributed by atoms with Crippen LogP contribution in [0.25, 0.3) is 11.0 Å². The van der Waals surface area contributed by atoms with Crippen molar-refractivity contribution in [3.63, 3.8) is 0 Å². The zero-order chi connectivity index (χ0) is 19.3. The molecule has 4 aromatic rings. The molecule has 6 heteroatoms. The summed E-state index contributed by atoms with van der Waals surface area (Å²) < 4.78 is 1.72. The van der Waals surface area contributed by atoms with Crippen molar-refractivity contribution in [1.29, 1.82) is 0 Å². The van der Waals surface area contributed by atoms with Gasteiger partial charge in [-0.25, -0.2) is 4.98 Å². The highest BCUT2D eigenvalue weighted by Gasteiger charge is 2.11. The van der Waals surface area contributed by atoms with E-state index >= 15 is 0 Å². The number of aromatic nitrogens is 3. The third-order valence-electron chi connectivity index (χ3n) is 4.55. The van der Waals surface area contributed by atoms with Crippen LogP contribution in [-0.4, -0.2) is 21.1 Å². The van der Waals surface area contributed by atoms with E-state index in [9.17, 15) is 4.79 Å². The molecule has 0 bridgehead atoms. The summed E-state index contributed by atoms with van der Waals surface area (Å²) in [5.74, 6) is 0.351. The zero-order valence-electron chi connectivity index (χ0n) is 15.2. The molecule has 0 atom stereocenters. The van der Waals surface area contributed by atoms with Crippen molar-refractivity contribution in [3.8, 4) is 0 Å². The quantitative estimate of drug-likeness (QED) is 0.537. The Labute approximate surface area is 167 Å². The lowest BCUT2D eigenvalue weighted by Crippen LogP contribution is -2.26. The number of halogens is 1. The van der Waals surface area contributed by atoms with Gasteiger partial charge in [0.15, 0.2) is 5.82 Å². The molecule has 0 amide bonds. The van der Waals surface area contributed by atoms with Gasteiger partial charge in [-0.1, -0.05) is 54.1 Å².